The van der Waals surface area contributed by atoms with Crippen molar-refractivity contribution in [3.05, 3.63) is 70.8 Å². The van der Waals surface area contributed by atoms with Crippen molar-refractivity contribution >= 4 is 38.9 Å². The van der Waals surface area contributed by atoms with Crippen molar-refractivity contribution in [3.63, 3.8) is 0 Å². The van der Waals surface area contributed by atoms with Crippen molar-refractivity contribution in [3.8, 4) is 0 Å². The van der Waals surface area contributed by atoms with E-state index in [0.29, 0.717) is 24.3 Å². The van der Waals surface area contributed by atoms with Gasteiger partial charge >= 0.3 is 32.5 Å². The number of carbonyl (C=O) groups is 4. The number of primary amides is 1. The molecule has 14 nitrogen and oxygen atoms in total. The van der Waals surface area contributed by atoms with Crippen LogP contribution in [0.4, 0.5) is 17.6 Å². The first kappa shape index (κ1) is 34.5. The summed E-state index contributed by atoms with van der Waals surface area (Å²) in [6, 6.07) is 2.42. The van der Waals surface area contributed by atoms with E-state index in [2.05, 4.69) is 0 Å². The highest BCUT2D eigenvalue weighted by Crippen LogP contribution is 2.60. The number of carbonyl (C=O) groups excluding carboxylic acids is 3. The molecule has 3 amide bonds. The Bertz CT molecular complexity index is 1440. The van der Waals surface area contributed by atoms with Gasteiger partial charge in [0.2, 0.25) is 17.9 Å². The lowest BCUT2D eigenvalue weighted by Gasteiger charge is -2.21. The zero-order chi connectivity index (χ0) is 32.3. The third kappa shape index (κ3) is 8.21. The Hall–Kier alpha value is -3.66. The molecule has 0 aromatic heterocycles. The number of carboxylic acids is 1. The topological polar surface area (TPSA) is 254 Å². The highest BCUT2D eigenvalue weighted by Gasteiger charge is 2.51. The van der Waals surface area contributed by atoms with Crippen LogP contribution in [0.5, 0.6) is 0 Å². The maximum absolute atomic E-state index is 13.8. The minimum Gasteiger partial charge on any atom is -0.479 e. The van der Waals surface area contributed by atoms with Crippen LogP contribution >= 0.6 is 15.2 Å². The quantitative estimate of drug-likeness (QED) is 0.0846. The van der Waals surface area contributed by atoms with Crippen molar-refractivity contribution in [1.82, 2.24) is 10.6 Å². The summed E-state index contributed by atoms with van der Waals surface area (Å²) in [6.45, 7) is 0. The summed E-state index contributed by atoms with van der Waals surface area (Å²) in [5.74, 6) is -5.62. The fraction of sp³-hybridized carbons (Fsp3) is 0.273. The summed E-state index contributed by atoms with van der Waals surface area (Å²) in [7, 11) is -11.7. The summed E-state index contributed by atoms with van der Waals surface area (Å²) >= 11 is 0. The molecular formula is C22H23F4N3O11P2. The summed E-state index contributed by atoms with van der Waals surface area (Å²) in [5, 5.41) is 13.2. The molecule has 0 saturated heterocycles. The molecule has 42 heavy (non-hydrogen) atoms. The van der Waals surface area contributed by atoms with Crippen LogP contribution in [-0.2, 0) is 52.5 Å². The van der Waals surface area contributed by atoms with E-state index < -0.39 is 86.3 Å². The van der Waals surface area contributed by atoms with Gasteiger partial charge in [-0.25, -0.2) is 4.79 Å². The molecule has 0 unspecified atom stereocenters. The number of hydrogen-bond acceptors (Lipinski definition) is 6. The van der Waals surface area contributed by atoms with Crippen LogP contribution in [-0.4, -0.2) is 60.5 Å². The Labute approximate surface area is 233 Å². The molecule has 2 atom stereocenters. The summed E-state index contributed by atoms with van der Waals surface area (Å²) in [6.07, 6.45) is -1.14. The number of halogens is 4. The van der Waals surface area contributed by atoms with Crippen molar-refractivity contribution in [2.24, 2.45) is 5.73 Å². The zero-order valence-electron chi connectivity index (χ0n) is 20.9. The number of benzene rings is 2. The van der Waals surface area contributed by atoms with Gasteiger partial charge < -0.3 is 41.0 Å². The van der Waals surface area contributed by atoms with E-state index in [0.717, 1.165) is 24.3 Å². The van der Waals surface area contributed by atoms with Gasteiger partial charge in [0.1, 0.15) is 6.04 Å². The lowest BCUT2D eigenvalue weighted by molar-refractivity contribution is -0.147. The number of carboxylic acid groups (broad SMARTS) is 1. The fourth-order valence-electron chi connectivity index (χ4n) is 3.35. The molecule has 2 aromatic carbocycles. The lowest BCUT2D eigenvalue weighted by atomic mass is 10.0. The van der Waals surface area contributed by atoms with Crippen LogP contribution < -0.4 is 16.4 Å². The first-order chi connectivity index (χ1) is 19.1. The molecule has 0 bridgehead atoms. The molecule has 0 fully saturated rings. The van der Waals surface area contributed by atoms with Gasteiger partial charge in [-0.15, -0.1) is 0 Å². The second-order valence-corrected chi connectivity index (χ2v) is 12.0. The highest BCUT2D eigenvalue weighted by atomic mass is 31.2. The van der Waals surface area contributed by atoms with Gasteiger partial charge in [-0.2, -0.15) is 17.6 Å². The standard InChI is InChI=1S/C22H23F4N3O11P2/c23-21(24,41(35,36)37)13-5-1-11(2-6-13)9-15(18(27)31)28-19(32)17(20(33)34)29-16(30)10-12-3-7-14(8-4-12)22(25,26)42(38,39)40/h1-8,15,17H,9-10H2,(H2,27,31)(H,28,32)(H,29,30)(H,33,34)(H2,35,36,37)(H2,38,39,40)/t15-,17+/m0/s1. The Morgan fingerprint density at radius 3 is 1.52 bits per heavy atom. The van der Waals surface area contributed by atoms with E-state index >= 15 is 0 Å². The van der Waals surface area contributed by atoms with Gasteiger partial charge in [0.25, 0.3) is 5.91 Å². The number of amides is 3. The molecule has 9 N–H and O–H groups in total. The second kappa shape index (κ2) is 12.7. The minimum absolute atomic E-state index is 0.00917. The highest BCUT2D eigenvalue weighted by molar-refractivity contribution is 7.52. The maximum atomic E-state index is 13.8. The van der Waals surface area contributed by atoms with E-state index in [1.807, 2.05) is 10.6 Å². The Kier molecular flexibility index (Phi) is 10.4. The van der Waals surface area contributed by atoms with Crippen molar-refractivity contribution in [2.45, 2.75) is 36.3 Å². The minimum atomic E-state index is -5.85. The van der Waals surface area contributed by atoms with E-state index in [1.165, 1.54) is 0 Å². The molecular weight excluding hydrogens is 620 g/mol. The van der Waals surface area contributed by atoms with Gasteiger partial charge in [-0.3, -0.25) is 23.5 Å². The van der Waals surface area contributed by atoms with Crippen LogP contribution in [0.3, 0.4) is 0 Å². The monoisotopic (exact) mass is 643 g/mol. The van der Waals surface area contributed by atoms with Crippen LogP contribution in [0.25, 0.3) is 0 Å². The summed E-state index contributed by atoms with van der Waals surface area (Å²) < 4.78 is 77.2. The number of hydrogen-bond donors (Lipinski definition) is 8. The predicted molar refractivity (Wildman–Crippen MR) is 133 cm³/mol. The normalized spacial score (nSPS) is 14.0. The van der Waals surface area contributed by atoms with E-state index in [9.17, 15) is 51.0 Å². The van der Waals surface area contributed by atoms with Gasteiger partial charge in [0, 0.05) is 17.5 Å². The van der Waals surface area contributed by atoms with Gasteiger partial charge in [0.15, 0.2) is 0 Å². The molecule has 20 heteroatoms. The SMILES string of the molecule is NC(=O)[C@H](Cc1ccc(C(F)(F)P(=O)(O)O)cc1)NC(=O)[C@@H](NC(=O)Cc1ccc(C(F)(F)P(=O)(O)O)cc1)C(=O)O. The average molecular weight is 643 g/mol. The third-order valence-electron chi connectivity index (χ3n) is 5.61. The molecule has 230 valence electrons. The Morgan fingerprint density at radius 2 is 1.17 bits per heavy atom. The van der Waals surface area contributed by atoms with Crippen molar-refractivity contribution in [1.29, 1.82) is 0 Å². The molecule has 2 rings (SSSR count). The van der Waals surface area contributed by atoms with Gasteiger partial charge in [0.05, 0.1) is 6.42 Å². The predicted octanol–water partition coefficient (Wildman–Crippen LogP) is 0.465. The number of nitrogens with two attached hydrogens (primary N) is 1. The van der Waals surface area contributed by atoms with Crippen molar-refractivity contribution in [2.75, 3.05) is 0 Å². The molecule has 0 radical (unpaired) electrons. The van der Waals surface area contributed by atoms with Crippen LogP contribution in [0.15, 0.2) is 48.5 Å². The first-order valence-electron chi connectivity index (χ1n) is 11.3. The zero-order valence-corrected chi connectivity index (χ0v) is 22.6. The molecule has 0 aliphatic heterocycles. The molecule has 0 aliphatic rings. The van der Waals surface area contributed by atoms with Crippen LogP contribution in [0.2, 0.25) is 0 Å². The maximum Gasteiger partial charge on any atom is 0.399 e. The number of aliphatic carboxylic acids is 1. The number of alkyl halides is 4. The second-order valence-electron chi connectivity index (χ2n) is 8.75. The molecule has 0 saturated carbocycles. The Morgan fingerprint density at radius 1 is 0.762 bits per heavy atom. The van der Waals surface area contributed by atoms with Gasteiger partial charge in [-0.1, -0.05) is 48.5 Å². The summed E-state index contributed by atoms with van der Waals surface area (Å²) in [4.78, 5) is 83.6. The lowest BCUT2D eigenvalue weighted by Crippen LogP contribution is -2.56. The fourth-order valence-corrected chi connectivity index (χ4v) is 4.32. The smallest absolute Gasteiger partial charge is 0.399 e. The van der Waals surface area contributed by atoms with Crippen LogP contribution in [0.1, 0.15) is 22.3 Å². The Balaban J connectivity index is 2.11. The first-order valence-corrected chi connectivity index (χ1v) is 14.5. The van der Waals surface area contributed by atoms with Gasteiger partial charge in [-0.05, 0) is 11.1 Å². The van der Waals surface area contributed by atoms with E-state index in [4.69, 9.17) is 25.3 Å². The van der Waals surface area contributed by atoms with Crippen LogP contribution in [0, 0.1) is 0 Å². The van der Waals surface area contributed by atoms with E-state index in [-0.39, 0.29) is 11.1 Å². The average Bonchev–Trinajstić information content (AvgIpc) is 2.85. The van der Waals surface area contributed by atoms with E-state index in [1.54, 1.807) is 0 Å². The molecule has 0 heterocycles. The molecule has 0 spiro atoms. The molecule has 2 aromatic rings. The molecule has 0 aliphatic carbocycles. The number of rotatable bonds is 13. The largest absolute Gasteiger partial charge is 0.479 e. The van der Waals surface area contributed by atoms with Crippen molar-refractivity contribution < 1.29 is 70.6 Å². The number of nitrogens with one attached hydrogen (secondary N) is 2. The third-order valence-corrected chi connectivity index (χ3v) is 7.59. The summed E-state index contributed by atoms with van der Waals surface area (Å²) in [5.41, 5.74) is -5.83.